The molecule has 0 spiro atoms. The number of esters is 1. The Labute approximate surface area is 173 Å². The third-order valence-corrected chi connectivity index (χ3v) is 4.58. The van der Waals surface area contributed by atoms with Crippen molar-refractivity contribution in [3.63, 3.8) is 0 Å². The highest BCUT2D eigenvalue weighted by Crippen LogP contribution is 2.36. The molecule has 0 saturated heterocycles. The summed E-state index contributed by atoms with van der Waals surface area (Å²) in [6.45, 7) is 0. The Morgan fingerprint density at radius 1 is 0.900 bits per heavy atom. The molecule has 3 aromatic carbocycles. The van der Waals surface area contributed by atoms with Crippen LogP contribution in [0.25, 0.3) is 6.08 Å². The zero-order chi connectivity index (χ0) is 21.1. The summed E-state index contributed by atoms with van der Waals surface area (Å²) in [6, 6.07) is 19.0. The van der Waals surface area contributed by atoms with Crippen LogP contribution in [-0.4, -0.2) is 26.0 Å². The first-order valence-corrected chi connectivity index (χ1v) is 9.17. The lowest BCUT2D eigenvalue weighted by molar-refractivity contribution is 0.0727. The Balaban J connectivity index is 1.59. The molecule has 1 heterocycles. The van der Waals surface area contributed by atoms with Crippen LogP contribution in [-0.2, 0) is 0 Å². The van der Waals surface area contributed by atoms with Crippen LogP contribution in [0, 0.1) is 0 Å². The number of carbonyl (C=O) groups excluding carboxylic acids is 2. The van der Waals surface area contributed by atoms with Gasteiger partial charge in [-0.1, -0.05) is 36.4 Å². The summed E-state index contributed by atoms with van der Waals surface area (Å²) < 4.78 is 21.7. The standard InChI is InChI=1S/C24H18O6/c1-27-18-9-6-10-19(28-2)22(18)24(26)29-16-11-12-17-20(14-16)30-21(23(17)25)13-15-7-4-3-5-8-15/h3-14H,1-2H3/b21-13-. The number of fused-ring (bicyclic) bond motifs is 1. The van der Waals surface area contributed by atoms with Crippen molar-refractivity contribution in [1.29, 1.82) is 0 Å². The molecule has 1 aliphatic rings. The second-order valence-electron chi connectivity index (χ2n) is 6.44. The molecule has 0 saturated carbocycles. The summed E-state index contributed by atoms with van der Waals surface area (Å²) in [4.78, 5) is 25.3. The fraction of sp³-hybridized carbons (Fsp3) is 0.0833. The van der Waals surface area contributed by atoms with Crippen molar-refractivity contribution in [3.8, 4) is 23.0 Å². The maximum absolute atomic E-state index is 12.7. The molecule has 0 aromatic heterocycles. The Bertz CT molecular complexity index is 1130. The van der Waals surface area contributed by atoms with Gasteiger partial charge in [-0.15, -0.1) is 0 Å². The Hall–Kier alpha value is -4.06. The number of allylic oxidation sites excluding steroid dienone is 1. The second kappa shape index (κ2) is 8.13. The predicted molar refractivity (Wildman–Crippen MR) is 110 cm³/mol. The summed E-state index contributed by atoms with van der Waals surface area (Å²) >= 11 is 0. The molecule has 6 heteroatoms. The van der Waals surface area contributed by atoms with Gasteiger partial charge in [0.1, 0.15) is 28.6 Å². The summed E-state index contributed by atoms with van der Waals surface area (Å²) in [6.07, 6.45) is 1.67. The zero-order valence-corrected chi connectivity index (χ0v) is 16.4. The van der Waals surface area contributed by atoms with Gasteiger partial charge in [-0.3, -0.25) is 4.79 Å². The predicted octanol–water partition coefficient (Wildman–Crippen LogP) is 4.54. The van der Waals surface area contributed by atoms with Crippen molar-refractivity contribution in [2.75, 3.05) is 14.2 Å². The molecule has 0 amide bonds. The molecule has 0 radical (unpaired) electrons. The van der Waals surface area contributed by atoms with Gasteiger partial charge in [0.25, 0.3) is 0 Å². The smallest absolute Gasteiger partial charge is 0.351 e. The molecule has 0 atom stereocenters. The molecule has 0 unspecified atom stereocenters. The summed E-state index contributed by atoms with van der Waals surface area (Å²) in [5, 5.41) is 0. The number of carbonyl (C=O) groups is 2. The van der Waals surface area contributed by atoms with Crippen LogP contribution in [0.5, 0.6) is 23.0 Å². The number of hydrogen-bond acceptors (Lipinski definition) is 6. The SMILES string of the molecule is COc1cccc(OC)c1C(=O)Oc1ccc2c(c1)O/C(=C\c1ccccc1)C2=O. The third-order valence-electron chi connectivity index (χ3n) is 4.58. The van der Waals surface area contributed by atoms with Crippen molar-refractivity contribution < 1.29 is 28.5 Å². The minimum atomic E-state index is -0.645. The van der Waals surface area contributed by atoms with E-state index in [0.717, 1.165) is 5.56 Å². The maximum atomic E-state index is 12.7. The number of methoxy groups -OCH3 is 2. The largest absolute Gasteiger partial charge is 0.496 e. The van der Waals surface area contributed by atoms with E-state index in [0.29, 0.717) is 22.8 Å². The molecule has 150 valence electrons. The average molecular weight is 402 g/mol. The van der Waals surface area contributed by atoms with Gasteiger partial charge in [-0.05, 0) is 35.9 Å². The quantitative estimate of drug-likeness (QED) is 0.355. The van der Waals surface area contributed by atoms with E-state index in [2.05, 4.69) is 0 Å². The van der Waals surface area contributed by atoms with E-state index in [4.69, 9.17) is 18.9 Å². The van der Waals surface area contributed by atoms with Crippen LogP contribution in [0.4, 0.5) is 0 Å². The molecule has 1 aliphatic heterocycles. The van der Waals surface area contributed by atoms with E-state index >= 15 is 0 Å². The zero-order valence-electron chi connectivity index (χ0n) is 16.4. The van der Waals surface area contributed by atoms with Gasteiger partial charge in [-0.2, -0.15) is 0 Å². The number of ketones is 1. The maximum Gasteiger partial charge on any atom is 0.351 e. The third kappa shape index (κ3) is 3.63. The van der Waals surface area contributed by atoms with Gasteiger partial charge in [0.2, 0.25) is 5.78 Å². The normalized spacial score (nSPS) is 13.5. The lowest BCUT2D eigenvalue weighted by Gasteiger charge is -2.12. The van der Waals surface area contributed by atoms with Crippen LogP contribution in [0.3, 0.4) is 0 Å². The first-order chi connectivity index (χ1) is 14.6. The second-order valence-corrected chi connectivity index (χ2v) is 6.44. The molecular weight excluding hydrogens is 384 g/mol. The molecule has 3 aromatic rings. The van der Waals surface area contributed by atoms with E-state index in [1.165, 1.54) is 20.3 Å². The summed E-state index contributed by atoms with van der Waals surface area (Å²) in [5.41, 5.74) is 1.43. The first-order valence-electron chi connectivity index (χ1n) is 9.17. The number of ether oxygens (including phenoxy) is 4. The van der Waals surface area contributed by atoms with Crippen LogP contribution >= 0.6 is 0 Å². The van der Waals surface area contributed by atoms with Crippen molar-refractivity contribution >= 4 is 17.8 Å². The minimum absolute atomic E-state index is 0.171. The van der Waals surface area contributed by atoms with Gasteiger partial charge >= 0.3 is 5.97 Å². The van der Waals surface area contributed by atoms with Gasteiger partial charge < -0.3 is 18.9 Å². The van der Waals surface area contributed by atoms with Crippen molar-refractivity contribution in [3.05, 3.63) is 89.2 Å². The first kappa shape index (κ1) is 19.3. The van der Waals surface area contributed by atoms with Crippen molar-refractivity contribution in [2.45, 2.75) is 0 Å². The number of hydrogen-bond donors (Lipinski definition) is 0. The Kier molecular flexibility index (Phi) is 5.22. The molecule has 30 heavy (non-hydrogen) atoms. The van der Waals surface area contributed by atoms with E-state index in [1.807, 2.05) is 30.3 Å². The van der Waals surface area contributed by atoms with Crippen LogP contribution in [0.15, 0.2) is 72.5 Å². The lowest BCUT2D eigenvalue weighted by atomic mass is 10.1. The Morgan fingerprint density at radius 2 is 1.60 bits per heavy atom. The molecule has 6 nitrogen and oxygen atoms in total. The molecule has 0 aliphatic carbocycles. The monoisotopic (exact) mass is 402 g/mol. The number of benzene rings is 3. The van der Waals surface area contributed by atoms with Gasteiger partial charge in [0.15, 0.2) is 5.76 Å². The number of rotatable bonds is 5. The molecule has 4 rings (SSSR count). The highest BCUT2D eigenvalue weighted by atomic mass is 16.5. The van der Waals surface area contributed by atoms with Crippen molar-refractivity contribution in [2.24, 2.45) is 0 Å². The fourth-order valence-electron chi connectivity index (χ4n) is 3.14. The van der Waals surface area contributed by atoms with E-state index in [1.54, 1.807) is 36.4 Å². The van der Waals surface area contributed by atoms with Crippen LogP contribution in [0.1, 0.15) is 26.3 Å². The minimum Gasteiger partial charge on any atom is -0.496 e. The summed E-state index contributed by atoms with van der Waals surface area (Å²) in [5.74, 6) is 0.581. The van der Waals surface area contributed by atoms with Gasteiger partial charge in [-0.25, -0.2) is 4.79 Å². The highest BCUT2D eigenvalue weighted by molar-refractivity contribution is 6.14. The van der Waals surface area contributed by atoms with E-state index in [9.17, 15) is 9.59 Å². The van der Waals surface area contributed by atoms with Gasteiger partial charge in [0, 0.05) is 6.07 Å². The highest BCUT2D eigenvalue weighted by Gasteiger charge is 2.28. The average Bonchev–Trinajstić information content (AvgIpc) is 3.08. The number of Topliss-reactive ketones (excluding diaryl/α,β-unsaturated/α-hetero) is 1. The fourth-order valence-corrected chi connectivity index (χ4v) is 3.14. The summed E-state index contributed by atoms with van der Waals surface area (Å²) in [7, 11) is 2.92. The topological polar surface area (TPSA) is 71.1 Å². The molecule has 0 N–H and O–H groups in total. The molecule has 0 fully saturated rings. The van der Waals surface area contributed by atoms with Gasteiger partial charge in [0.05, 0.1) is 19.8 Å². The molecular formula is C24H18O6. The molecule has 0 bridgehead atoms. The van der Waals surface area contributed by atoms with Crippen molar-refractivity contribution in [1.82, 2.24) is 0 Å². The Morgan fingerprint density at radius 3 is 2.27 bits per heavy atom. The van der Waals surface area contributed by atoms with E-state index in [-0.39, 0.29) is 22.9 Å². The van der Waals surface area contributed by atoms with E-state index < -0.39 is 5.97 Å². The van der Waals surface area contributed by atoms with Crippen LogP contribution < -0.4 is 18.9 Å². The van der Waals surface area contributed by atoms with Crippen LogP contribution in [0.2, 0.25) is 0 Å². The lowest BCUT2D eigenvalue weighted by Crippen LogP contribution is -2.12.